The SMILES string of the molecule is CCOC(=O)N1CCN(S(=O)(=O)NCC(c2ccc(OC)cc2)N2CCOCC2)CC1. The van der Waals surface area contributed by atoms with Crippen LogP contribution in [0.5, 0.6) is 5.75 Å². The highest BCUT2D eigenvalue weighted by atomic mass is 32.2. The van der Waals surface area contributed by atoms with Crippen molar-refractivity contribution in [3.05, 3.63) is 29.8 Å². The van der Waals surface area contributed by atoms with Crippen molar-refractivity contribution in [1.29, 1.82) is 0 Å². The summed E-state index contributed by atoms with van der Waals surface area (Å²) in [6.07, 6.45) is -0.403. The van der Waals surface area contributed by atoms with Crippen molar-refractivity contribution in [3.63, 3.8) is 0 Å². The van der Waals surface area contributed by atoms with Crippen molar-refractivity contribution >= 4 is 16.3 Å². The summed E-state index contributed by atoms with van der Waals surface area (Å²) in [7, 11) is -2.06. The van der Waals surface area contributed by atoms with Gasteiger partial charge in [-0.2, -0.15) is 12.7 Å². The molecular weight excluding hydrogens is 424 g/mol. The number of methoxy groups -OCH3 is 1. The second-order valence-electron chi connectivity index (χ2n) is 7.38. The van der Waals surface area contributed by atoms with Gasteiger partial charge in [0, 0.05) is 51.9 Å². The molecule has 0 aliphatic carbocycles. The second kappa shape index (κ2) is 11.1. The summed E-state index contributed by atoms with van der Waals surface area (Å²) in [6, 6.07) is 7.57. The number of hydrogen-bond donors (Lipinski definition) is 1. The molecule has 0 bridgehead atoms. The normalized spacial score (nSPS) is 19.7. The first-order valence-electron chi connectivity index (χ1n) is 10.6. The van der Waals surface area contributed by atoms with Gasteiger partial charge in [-0.05, 0) is 24.6 Å². The molecule has 2 aliphatic rings. The molecule has 1 aromatic rings. The second-order valence-corrected chi connectivity index (χ2v) is 9.13. The Bertz CT molecular complexity index is 805. The Kier molecular flexibility index (Phi) is 8.50. The van der Waals surface area contributed by atoms with Gasteiger partial charge in [-0.15, -0.1) is 0 Å². The van der Waals surface area contributed by atoms with Gasteiger partial charge in [0.2, 0.25) is 0 Å². The third kappa shape index (κ3) is 6.30. The summed E-state index contributed by atoms with van der Waals surface area (Å²) >= 11 is 0. The lowest BCUT2D eigenvalue weighted by atomic mass is 10.0. The fraction of sp³-hybridized carbons (Fsp3) is 0.650. The zero-order chi connectivity index (χ0) is 22.3. The number of ether oxygens (including phenoxy) is 3. The van der Waals surface area contributed by atoms with Gasteiger partial charge in [0.05, 0.1) is 26.9 Å². The molecule has 0 radical (unpaired) electrons. The Morgan fingerprint density at radius 1 is 1.10 bits per heavy atom. The monoisotopic (exact) mass is 456 g/mol. The van der Waals surface area contributed by atoms with Gasteiger partial charge in [0.1, 0.15) is 5.75 Å². The van der Waals surface area contributed by atoms with Gasteiger partial charge in [-0.1, -0.05) is 12.1 Å². The number of rotatable bonds is 8. The van der Waals surface area contributed by atoms with Crippen molar-refractivity contribution in [1.82, 2.24) is 18.8 Å². The number of carbonyl (C=O) groups excluding carboxylic acids is 1. The van der Waals surface area contributed by atoms with E-state index in [4.69, 9.17) is 14.2 Å². The Morgan fingerprint density at radius 2 is 1.74 bits per heavy atom. The van der Waals surface area contributed by atoms with E-state index in [1.165, 1.54) is 9.21 Å². The summed E-state index contributed by atoms with van der Waals surface area (Å²) in [5.41, 5.74) is 1.01. The van der Waals surface area contributed by atoms with E-state index in [-0.39, 0.29) is 25.7 Å². The number of nitrogens with zero attached hydrogens (tertiary/aromatic N) is 3. The number of hydrogen-bond acceptors (Lipinski definition) is 7. The summed E-state index contributed by atoms with van der Waals surface area (Å²) < 4.78 is 45.7. The number of morpholine rings is 1. The van der Waals surface area contributed by atoms with Crippen LogP contribution < -0.4 is 9.46 Å². The van der Waals surface area contributed by atoms with E-state index < -0.39 is 16.3 Å². The fourth-order valence-electron chi connectivity index (χ4n) is 3.77. The smallest absolute Gasteiger partial charge is 0.409 e. The minimum Gasteiger partial charge on any atom is -0.497 e. The minimum atomic E-state index is -3.68. The van der Waals surface area contributed by atoms with Crippen LogP contribution in [0, 0.1) is 0 Å². The largest absolute Gasteiger partial charge is 0.497 e. The van der Waals surface area contributed by atoms with E-state index in [9.17, 15) is 13.2 Å². The lowest BCUT2D eigenvalue weighted by Crippen LogP contribution is -2.54. The fourth-order valence-corrected chi connectivity index (χ4v) is 4.97. The number of amides is 1. The molecule has 2 heterocycles. The van der Waals surface area contributed by atoms with E-state index in [2.05, 4.69) is 9.62 Å². The highest BCUT2D eigenvalue weighted by molar-refractivity contribution is 7.87. The van der Waals surface area contributed by atoms with E-state index in [0.29, 0.717) is 32.9 Å². The van der Waals surface area contributed by atoms with Crippen LogP contribution in [0.4, 0.5) is 4.79 Å². The first-order valence-corrected chi connectivity index (χ1v) is 12.0. The molecule has 11 heteroatoms. The van der Waals surface area contributed by atoms with Crippen LogP contribution in [0.25, 0.3) is 0 Å². The van der Waals surface area contributed by atoms with Crippen LogP contribution in [0.2, 0.25) is 0 Å². The van der Waals surface area contributed by atoms with E-state index in [1.54, 1.807) is 14.0 Å². The molecule has 174 valence electrons. The molecule has 1 amide bonds. The van der Waals surface area contributed by atoms with E-state index >= 15 is 0 Å². The molecule has 1 aromatic carbocycles. The predicted molar refractivity (Wildman–Crippen MR) is 115 cm³/mol. The Labute approximate surface area is 184 Å². The summed E-state index contributed by atoms with van der Waals surface area (Å²) in [5, 5.41) is 0. The molecule has 2 aliphatic heterocycles. The standard InChI is InChI=1S/C20H32N4O6S/c1-3-30-20(25)23-8-10-24(11-9-23)31(26,27)21-16-19(22-12-14-29-15-13-22)17-4-6-18(28-2)7-5-17/h4-7,19,21H,3,8-16H2,1-2H3. The van der Waals surface area contributed by atoms with E-state index in [0.717, 1.165) is 24.4 Å². The minimum absolute atomic E-state index is 0.120. The first kappa shape index (κ1) is 23.7. The number of nitrogens with one attached hydrogen (secondary N) is 1. The Balaban J connectivity index is 1.63. The van der Waals surface area contributed by atoms with Crippen LogP contribution in [0.3, 0.4) is 0 Å². The van der Waals surface area contributed by atoms with Crippen molar-refractivity contribution in [2.24, 2.45) is 0 Å². The van der Waals surface area contributed by atoms with Gasteiger partial charge in [0.15, 0.2) is 0 Å². The van der Waals surface area contributed by atoms with Crippen molar-refractivity contribution < 1.29 is 27.4 Å². The maximum atomic E-state index is 12.9. The van der Waals surface area contributed by atoms with E-state index in [1.807, 2.05) is 24.3 Å². The molecule has 0 aromatic heterocycles. The average Bonchev–Trinajstić information content (AvgIpc) is 2.80. The maximum absolute atomic E-state index is 12.9. The summed E-state index contributed by atoms with van der Waals surface area (Å²) in [6.45, 7) is 6.09. The highest BCUT2D eigenvalue weighted by Gasteiger charge is 2.31. The lowest BCUT2D eigenvalue weighted by Gasteiger charge is -2.36. The molecular formula is C20H32N4O6S. The van der Waals surface area contributed by atoms with Gasteiger partial charge < -0.3 is 19.1 Å². The molecule has 1 N–H and O–H groups in total. The topological polar surface area (TPSA) is 101 Å². The number of benzene rings is 1. The van der Waals surface area contributed by atoms with Crippen LogP contribution in [0.1, 0.15) is 18.5 Å². The molecule has 3 rings (SSSR count). The van der Waals surface area contributed by atoms with Gasteiger partial charge in [-0.3, -0.25) is 4.90 Å². The van der Waals surface area contributed by atoms with Crippen LogP contribution in [-0.4, -0.2) is 101 Å². The lowest BCUT2D eigenvalue weighted by molar-refractivity contribution is 0.0171. The first-order chi connectivity index (χ1) is 14.9. The average molecular weight is 457 g/mol. The molecule has 10 nitrogen and oxygen atoms in total. The number of carbonyl (C=O) groups is 1. The van der Waals surface area contributed by atoms with Gasteiger partial charge in [0.25, 0.3) is 10.2 Å². The Morgan fingerprint density at radius 3 is 2.32 bits per heavy atom. The molecule has 2 fully saturated rings. The van der Waals surface area contributed by atoms with Crippen LogP contribution in [-0.2, 0) is 19.7 Å². The van der Waals surface area contributed by atoms with Crippen LogP contribution in [0.15, 0.2) is 24.3 Å². The summed E-state index contributed by atoms with van der Waals surface area (Å²) in [5.74, 6) is 0.754. The summed E-state index contributed by atoms with van der Waals surface area (Å²) in [4.78, 5) is 15.6. The highest BCUT2D eigenvalue weighted by Crippen LogP contribution is 2.24. The zero-order valence-corrected chi connectivity index (χ0v) is 19.0. The van der Waals surface area contributed by atoms with Gasteiger partial charge >= 0.3 is 6.09 Å². The maximum Gasteiger partial charge on any atom is 0.409 e. The predicted octanol–water partition coefficient (Wildman–Crippen LogP) is 0.677. The Hall–Kier alpha value is -1.92. The quantitative estimate of drug-likeness (QED) is 0.614. The number of piperazine rings is 1. The molecule has 2 saturated heterocycles. The third-order valence-corrected chi connectivity index (χ3v) is 7.13. The van der Waals surface area contributed by atoms with Crippen molar-refractivity contribution in [3.8, 4) is 5.75 Å². The molecule has 1 unspecified atom stereocenters. The zero-order valence-electron chi connectivity index (χ0n) is 18.2. The van der Waals surface area contributed by atoms with Gasteiger partial charge in [-0.25, -0.2) is 9.52 Å². The van der Waals surface area contributed by atoms with Crippen molar-refractivity contribution in [2.75, 3.05) is 72.7 Å². The third-order valence-electron chi connectivity index (χ3n) is 5.55. The molecule has 0 spiro atoms. The molecule has 1 atom stereocenters. The van der Waals surface area contributed by atoms with Crippen molar-refractivity contribution in [2.45, 2.75) is 13.0 Å². The molecule has 31 heavy (non-hydrogen) atoms. The molecule has 0 saturated carbocycles. The van der Waals surface area contributed by atoms with Crippen LogP contribution >= 0.6 is 0 Å².